The standard InChI is InChI=1S/C14H17NO3S2/c16-13(8-19-7-10-2-1-5-20-10)15-9-3-4-12(15)11(6-9)14(17)18/h1-2,5,9,11-12H,3-4,6-8H2,(H,17,18). The van der Waals surface area contributed by atoms with Crippen LogP contribution in [0.25, 0.3) is 0 Å². The predicted octanol–water partition coefficient (Wildman–Crippen LogP) is 2.45. The number of carbonyl (C=O) groups is 2. The Morgan fingerprint density at radius 2 is 2.30 bits per heavy atom. The highest BCUT2D eigenvalue weighted by atomic mass is 32.2. The Hall–Kier alpha value is -1.01. The molecule has 1 N–H and O–H groups in total. The molecule has 3 heterocycles. The summed E-state index contributed by atoms with van der Waals surface area (Å²) in [5.74, 6) is 0.329. The molecule has 1 aromatic rings. The van der Waals surface area contributed by atoms with Gasteiger partial charge in [0.2, 0.25) is 5.91 Å². The number of rotatable bonds is 5. The van der Waals surface area contributed by atoms with Crippen molar-refractivity contribution in [2.24, 2.45) is 5.92 Å². The molecule has 4 nitrogen and oxygen atoms in total. The van der Waals surface area contributed by atoms with E-state index in [4.69, 9.17) is 0 Å². The van der Waals surface area contributed by atoms with Gasteiger partial charge >= 0.3 is 5.97 Å². The molecule has 2 aliphatic rings. The molecule has 0 saturated carbocycles. The van der Waals surface area contributed by atoms with Crippen LogP contribution in [-0.4, -0.2) is 39.7 Å². The average molecular weight is 311 g/mol. The van der Waals surface area contributed by atoms with Gasteiger partial charge in [-0.1, -0.05) is 6.07 Å². The van der Waals surface area contributed by atoms with E-state index in [1.54, 1.807) is 23.1 Å². The number of hydrogen-bond acceptors (Lipinski definition) is 4. The highest BCUT2D eigenvalue weighted by Gasteiger charge is 2.50. The van der Waals surface area contributed by atoms with Crippen LogP contribution in [0.15, 0.2) is 17.5 Å². The van der Waals surface area contributed by atoms with E-state index in [0.29, 0.717) is 12.2 Å². The first-order chi connectivity index (χ1) is 9.66. The number of aliphatic carboxylic acids is 1. The fourth-order valence-corrected chi connectivity index (χ4v) is 5.09. The van der Waals surface area contributed by atoms with Gasteiger partial charge < -0.3 is 10.0 Å². The highest BCUT2D eigenvalue weighted by Crippen LogP contribution is 2.42. The maximum atomic E-state index is 12.3. The lowest BCUT2D eigenvalue weighted by Crippen LogP contribution is -2.38. The first-order valence-electron chi connectivity index (χ1n) is 6.81. The molecule has 0 spiro atoms. The molecule has 0 aliphatic carbocycles. The van der Waals surface area contributed by atoms with Gasteiger partial charge in [-0.3, -0.25) is 9.59 Å². The predicted molar refractivity (Wildman–Crippen MR) is 79.9 cm³/mol. The third-order valence-electron chi connectivity index (χ3n) is 4.19. The number of amides is 1. The Balaban J connectivity index is 1.54. The molecular weight excluding hydrogens is 294 g/mol. The van der Waals surface area contributed by atoms with Crippen molar-refractivity contribution in [3.8, 4) is 0 Å². The lowest BCUT2D eigenvalue weighted by atomic mass is 9.89. The van der Waals surface area contributed by atoms with Crippen LogP contribution in [0.3, 0.4) is 0 Å². The van der Waals surface area contributed by atoms with Crippen LogP contribution in [0.2, 0.25) is 0 Å². The van der Waals surface area contributed by atoms with Gasteiger partial charge in [0.25, 0.3) is 0 Å². The largest absolute Gasteiger partial charge is 0.481 e. The van der Waals surface area contributed by atoms with E-state index < -0.39 is 5.97 Å². The van der Waals surface area contributed by atoms with E-state index in [2.05, 4.69) is 6.07 Å². The minimum Gasteiger partial charge on any atom is -0.481 e. The number of carboxylic acids is 1. The summed E-state index contributed by atoms with van der Waals surface area (Å²) in [6.45, 7) is 0. The van der Waals surface area contributed by atoms with Gasteiger partial charge in [0.15, 0.2) is 0 Å². The van der Waals surface area contributed by atoms with E-state index in [1.807, 2.05) is 16.3 Å². The van der Waals surface area contributed by atoms with Crippen molar-refractivity contribution in [1.82, 2.24) is 4.90 Å². The number of carboxylic acid groups (broad SMARTS) is 1. The van der Waals surface area contributed by atoms with Crippen molar-refractivity contribution in [2.45, 2.75) is 37.1 Å². The van der Waals surface area contributed by atoms with Crippen LogP contribution in [0, 0.1) is 5.92 Å². The van der Waals surface area contributed by atoms with Crippen molar-refractivity contribution in [3.63, 3.8) is 0 Å². The van der Waals surface area contributed by atoms with E-state index in [0.717, 1.165) is 18.6 Å². The number of fused-ring (bicyclic) bond motifs is 2. The summed E-state index contributed by atoms with van der Waals surface area (Å²) in [6, 6.07) is 4.19. The van der Waals surface area contributed by atoms with Crippen LogP contribution in [-0.2, 0) is 15.3 Å². The molecule has 20 heavy (non-hydrogen) atoms. The second-order valence-corrected chi connectivity index (χ2v) is 7.37. The Morgan fingerprint density at radius 3 is 2.95 bits per heavy atom. The van der Waals surface area contributed by atoms with Gasteiger partial charge in [0.1, 0.15) is 0 Å². The monoisotopic (exact) mass is 311 g/mol. The molecule has 2 fully saturated rings. The molecule has 3 atom stereocenters. The smallest absolute Gasteiger partial charge is 0.308 e. The number of thioether (sulfide) groups is 1. The molecule has 0 radical (unpaired) electrons. The topological polar surface area (TPSA) is 57.6 Å². The van der Waals surface area contributed by atoms with Crippen molar-refractivity contribution >= 4 is 35.0 Å². The molecule has 3 unspecified atom stereocenters. The normalized spacial score (nSPS) is 28.0. The van der Waals surface area contributed by atoms with Gasteiger partial charge in [-0.15, -0.1) is 23.1 Å². The Kier molecular flexibility index (Phi) is 4.03. The quantitative estimate of drug-likeness (QED) is 0.907. The summed E-state index contributed by atoms with van der Waals surface area (Å²) in [5.41, 5.74) is 0. The third kappa shape index (κ3) is 2.59. The van der Waals surface area contributed by atoms with Crippen molar-refractivity contribution < 1.29 is 14.7 Å². The van der Waals surface area contributed by atoms with Gasteiger partial charge in [-0.25, -0.2) is 0 Å². The number of nitrogens with zero attached hydrogens (tertiary/aromatic N) is 1. The molecule has 108 valence electrons. The molecule has 0 aromatic carbocycles. The van der Waals surface area contributed by atoms with Crippen molar-refractivity contribution in [1.29, 1.82) is 0 Å². The summed E-state index contributed by atoms with van der Waals surface area (Å²) in [6.07, 6.45) is 2.46. The highest BCUT2D eigenvalue weighted by molar-refractivity contribution is 7.99. The second kappa shape index (κ2) is 5.77. The zero-order valence-electron chi connectivity index (χ0n) is 11.0. The van der Waals surface area contributed by atoms with Crippen LogP contribution in [0.4, 0.5) is 0 Å². The third-order valence-corrected chi connectivity index (χ3v) is 6.22. The van der Waals surface area contributed by atoms with E-state index >= 15 is 0 Å². The van der Waals surface area contributed by atoms with Crippen LogP contribution in [0.1, 0.15) is 24.1 Å². The first kappa shape index (κ1) is 13.9. The summed E-state index contributed by atoms with van der Waals surface area (Å²) < 4.78 is 0. The Bertz CT molecular complexity index is 503. The average Bonchev–Trinajstić information content (AvgIpc) is 3.13. The second-order valence-electron chi connectivity index (χ2n) is 5.35. The lowest BCUT2D eigenvalue weighted by Gasteiger charge is -2.22. The van der Waals surface area contributed by atoms with Crippen molar-refractivity contribution in [3.05, 3.63) is 22.4 Å². The molecule has 3 rings (SSSR count). The van der Waals surface area contributed by atoms with E-state index in [1.165, 1.54) is 4.88 Å². The zero-order valence-corrected chi connectivity index (χ0v) is 12.7. The van der Waals surface area contributed by atoms with E-state index in [9.17, 15) is 14.7 Å². The van der Waals surface area contributed by atoms with E-state index in [-0.39, 0.29) is 23.9 Å². The summed E-state index contributed by atoms with van der Waals surface area (Å²) in [7, 11) is 0. The van der Waals surface area contributed by atoms with Gasteiger partial charge in [-0.05, 0) is 30.7 Å². The molecule has 1 amide bonds. The number of hydrogen-bond donors (Lipinski definition) is 1. The van der Waals surface area contributed by atoms with Crippen molar-refractivity contribution in [2.75, 3.05) is 5.75 Å². The van der Waals surface area contributed by atoms with Gasteiger partial charge in [-0.2, -0.15) is 0 Å². The molecule has 6 heteroatoms. The molecule has 1 aromatic heterocycles. The Morgan fingerprint density at radius 1 is 1.45 bits per heavy atom. The molecule has 2 bridgehead atoms. The molecular formula is C14H17NO3S2. The minimum absolute atomic E-state index is 0.0627. The maximum Gasteiger partial charge on any atom is 0.308 e. The van der Waals surface area contributed by atoms with Crippen LogP contribution < -0.4 is 0 Å². The maximum absolute atomic E-state index is 12.3. The summed E-state index contributed by atoms with van der Waals surface area (Å²) in [4.78, 5) is 26.6. The SMILES string of the molecule is O=C(O)C1CC2CCC1N2C(=O)CSCc1cccs1. The lowest BCUT2D eigenvalue weighted by molar-refractivity contribution is -0.143. The van der Waals surface area contributed by atoms with Gasteiger partial charge in [0, 0.05) is 22.7 Å². The fraction of sp³-hybridized carbons (Fsp3) is 0.571. The van der Waals surface area contributed by atoms with Crippen LogP contribution >= 0.6 is 23.1 Å². The summed E-state index contributed by atoms with van der Waals surface area (Å²) >= 11 is 3.32. The van der Waals surface area contributed by atoms with Crippen LogP contribution in [0.5, 0.6) is 0 Å². The molecule has 2 saturated heterocycles. The zero-order chi connectivity index (χ0) is 14.1. The molecule has 2 aliphatic heterocycles. The van der Waals surface area contributed by atoms with Gasteiger partial charge in [0.05, 0.1) is 11.7 Å². The minimum atomic E-state index is -0.749. The first-order valence-corrected chi connectivity index (χ1v) is 8.84. The fourth-order valence-electron chi connectivity index (χ4n) is 3.35. The number of carbonyl (C=O) groups excluding carboxylic acids is 1. The number of thiophene rings is 1. The summed E-state index contributed by atoms with van der Waals surface area (Å²) in [5, 5.41) is 11.2. The Labute approximate surface area is 126 Å².